The SMILES string of the molecule is c1ccc(CC2CCCCC2CNC2CC2)nc1. The van der Waals surface area contributed by atoms with Gasteiger partial charge in [0.1, 0.15) is 0 Å². The van der Waals surface area contributed by atoms with Gasteiger partial charge in [0.05, 0.1) is 0 Å². The van der Waals surface area contributed by atoms with Gasteiger partial charge in [-0.15, -0.1) is 0 Å². The second kappa shape index (κ2) is 5.83. The second-order valence-electron chi connectivity index (χ2n) is 6.01. The van der Waals surface area contributed by atoms with Gasteiger partial charge < -0.3 is 5.32 Å². The van der Waals surface area contributed by atoms with Crippen LogP contribution in [0.2, 0.25) is 0 Å². The van der Waals surface area contributed by atoms with Crippen molar-refractivity contribution in [3.8, 4) is 0 Å². The van der Waals surface area contributed by atoms with E-state index in [2.05, 4.69) is 22.4 Å². The molecule has 2 atom stereocenters. The lowest BCUT2D eigenvalue weighted by molar-refractivity contribution is 0.226. The van der Waals surface area contributed by atoms with Crippen molar-refractivity contribution in [1.29, 1.82) is 0 Å². The number of pyridine rings is 1. The molecule has 0 amide bonds. The fourth-order valence-electron chi connectivity index (χ4n) is 3.21. The average Bonchev–Trinajstić information content (AvgIpc) is 3.23. The number of nitrogens with zero attached hydrogens (tertiary/aromatic N) is 1. The van der Waals surface area contributed by atoms with E-state index in [9.17, 15) is 0 Å². The Morgan fingerprint density at radius 1 is 1.06 bits per heavy atom. The third-order valence-electron chi connectivity index (χ3n) is 4.51. The first-order valence-electron chi connectivity index (χ1n) is 7.55. The molecule has 2 fully saturated rings. The molecule has 0 radical (unpaired) electrons. The van der Waals surface area contributed by atoms with Gasteiger partial charge in [0, 0.05) is 17.9 Å². The maximum Gasteiger partial charge on any atom is 0.0406 e. The summed E-state index contributed by atoms with van der Waals surface area (Å²) in [6.45, 7) is 1.24. The third-order valence-corrected chi connectivity index (χ3v) is 4.51. The predicted octanol–water partition coefficient (Wildman–Crippen LogP) is 3.18. The molecule has 2 aliphatic rings. The Bertz CT molecular complexity index is 359. The summed E-state index contributed by atoms with van der Waals surface area (Å²) < 4.78 is 0. The van der Waals surface area contributed by atoms with Gasteiger partial charge in [0.25, 0.3) is 0 Å². The molecule has 0 saturated heterocycles. The molecule has 2 saturated carbocycles. The van der Waals surface area contributed by atoms with E-state index in [0.717, 1.165) is 17.9 Å². The van der Waals surface area contributed by atoms with Crippen molar-refractivity contribution in [3.63, 3.8) is 0 Å². The van der Waals surface area contributed by atoms with Crippen LogP contribution in [-0.2, 0) is 6.42 Å². The highest BCUT2D eigenvalue weighted by atomic mass is 14.9. The Labute approximate surface area is 110 Å². The van der Waals surface area contributed by atoms with Crippen LogP contribution in [0.1, 0.15) is 44.2 Å². The monoisotopic (exact) mass is 244 g/mol. The molecule has 2 aliphatic carbocycles. The van der Waals surface area contributed by atoms with E-state index in [1.165, 1.54) is 57.2 Å². The molecule has 0 bridgehead atoms. The van der Waals surface area contributed by atoms with Crippen molar-refractivity contribution in [2.45, 2.75) is 51.0 Å². The fourth-order valence-corrected chi connectivity index (χ4v) is 3.21. The molecular formula is C16H24N2. The van der Waals surface area contributed by atoms with E-state index < -0.39 is 0 Å². The van der Waals surface area contributed by atoms with E-state index in [-0.39, 0.29) is 0 Å². The predicted molar refractivity (Wildman–Crippen MR) is 74.4 cm³/mol. The molecule has 2 nitrogen and oxygen atoms in total. The van der Waals surface area contributed by atoms with Crippen LogP contribution in [0.5, 0.6) is 0 Å². The minimum atomic E-state index is 0.847. The summed E-state index contributed by atoms with van der Waals surface area (Å²) in [5, 5.41) is 3.72. The van der Waals surface area contributed by atoms with E-state index in [0.29, 0.717) is 0 Å². The van der Waals surface area contributed by atoms with E-state index in [1.807, 2.05) is 12.3 Å². The van der Waals surface area contributed by atoms with Gasteiger partial charge in [-0.2, -0.15) is 0 Å². The van der Waals surface area contributed by atoms with Crippen LogP contribution in [0.15, 0.2) is 24.4 Å². The first-order valence-corrected chi connectivity index (χ1v) is 7.55. The van der Waals surface area contributed by atoms with Crippen molar-refractivity contribution in [3.05, 3.63) is 30.1 Å². The second-order valence-corrected chi connectivity index (χ2v) is 6.01. The van der Waals surface area contributed by atoms with E-state index in [4.69, 9.17) is 0 Å². The largest absolute Gasteiger partial charge is 0.314 e. The minimum Gasteiger partial charge on any atom is -0.314 e. The Morgan fingerprint density at radius 2 is 1.89 bits per heavy atom. The molecule has 3 rings (SSSR count). The summed E-state index contributed by atoms with van der Waals surface area (Å²) in [5.41, 5.74) is 1.28. The molecule has 2 unspecified atom stereocenters. The molecule has 0 spiro atoms. The summed E-state index contributed by atoms with van der Waals surface area (Å²) in [4.78, 5) is 4.49. The van der Waals surface area contributed by atoms with Crippen molar-refractivity contribution in [1.82, 2.24) is 10.3 Å². The number of rotatable bonds is 5. The smallest absolute Gasteiger partial charge is 0.0406 e. The lowest BCUT2D eigenvalue weighted by Gasteiger charge is -2.31. The zero-order valence-corrected chi connectivity index (χ0v) is 11.1. The normalized spacial score (nSPS) is 28.2. The Balaban J connectivity index is 1.56. The molecule has 2 heteroatoms. The molecule has 98 valence electrons. The van der Waals surface area contributed by atoms with Crippen LogP contribution >= 0.6 is 0 Å². The molecule has 18 heavy (non-hydrogen) atoms. The van der Waals surface area contributed by atoms with Crippen LogP contribution < -0.4 is 5.32 Å². The van der Waals surface area contributed by atoms with Crippen molar-refractivity contribution < 1.29 is 0 Å². The minimum absolute atomic E-state index is 0.847. The maximum absolute atomic E-state index is 4.49. The molecule has 0 aliphatic heterocycles. The highest BCUT2D eigenvalue weighted by molar-refractivity contribution is 5.05. The lowest BCUT2D eigenvalue weighted by Crippen LogP contribution is -2.32. The van der Waals surface area contributed by atoms with E-state index >= 15 is 0 Å². The topological polar surface area (TPSA) is 24.9 Å². The summed E-state index contributed by atoms with van der Waals surface area (Å²) >= 11 is 0. The van der Waals surface area contributed by atoms with Gasteiger partial charge in [-0.25, -0.2) is 0 Å². The maximum atomic E-state index is 4.49. The van der Waals surface area contributed by atoms with Crippen molar-refractivity contribution in [2.24, 2.45) is 11.8 Å². The van der Waals surface area contributed by atoms with Gasteiger partial charge in [-0.1, -0.05) is 18.9 Å². The highest BCUT2D eigenvalue weighted by Gasteiger charge is 2.28. The highest BCUT2D eigenvalue weighted by Crippen LogP contribution is 2.32. The van der Waals surface area contributed by atoms with Gasteiger partial charge in [-0.05, 0) is 62.6 Å². The van der Waals surface area contributed by atoms with Crippen LogP contribution in [0.25, 0.3) is 0 Å². The van der Waals surface area contributed by atoms with Crippen molar-refractivity contribution in [2.75, 3.05) is 6.54 Å². The number of hydrogen-bond acceptors (Lipinski definition) is 2. The standard InChI is InChI=1S/C16H24N2/c1-2-6-14(12-18-15-8-9-15)13(5-1)11-16-7-3-4-10-17-16/h3-4,7,10,13-15,18H,1-2,5-6,8-9,11-12H2. The number of nitrogens with one attached hydrogen (secondary N) is 1. The summed E-state index contributed by atoms with van der Waals surface area (Å²) in [5.74, 6) is 1.72. The summed E-state index contributed by atoms with van der Waals surface area (Å²) in [6.07, 6.45) is 11.6. The fraction of sp³-hybridized carbons (Fsp3) is 0.688. The zero-order chi connectivity index (χ0) is 12.2. The van der Waals surface area contributed by atoms with E-state index in [1.54, 1.807) is 0 Å². The van der Waals surface area contributed by atoms with Crippen LogP contribution in [0.3, 0.4) is 0 Å². The molecule has 1 heterocycles. The Hall–Kier alpha value is -0.890. The molecule has 1 aromatic heterocycles. The first kappa shape index (κ1) is 12.2. The first-order chi connectivity index (χ1) is 8.92. The lowest BCUT2D eigenvalue weighted by atomic mass is 9.77. The van der Waals surface area contributed by atoms with Gasteiger partial charge >= 0.3 is 0 Å². The molecule has 1 N–H and O–H groups in total. The van der Waals surface area contributed by atoms with Crippen LogP contribution in [0.4, 0.5) is 0 Å². The summed E-state index contributed by atoms with van der Waals surface area (Å²) in [6, 6.07) is 7.15. The Morgan fingerprint density at radius 3 is 2.61 bits per heavy atom. The molecule has 1 aromatic rings. The quantitative estimate of drug-likeness (QED) is 0.860. The number of aromatic nitrogens is 1. The van der Waals surface area contributed by atoms with Crippen LogP contribution in [0, 0.1) is 11.8 Å². The van der Waals surface area contributed by atoms with Gasteiger partial charge in [-0.3, -0.25) is 4.98 Å². The number of hydrogen-bond donors (Lipinski definition) is 1. The summed E-state index contributed by atoms with van der Waals surface area (Å²) in [7, 11) is 0. The van der Waals surface area contributed by atoms with Crippen molar-refractivity contribution >= 4 is 0 Å². The average molecular weight is 244 g/mol. The Kier molecular flexibility index (Phi) is 3.94. The van der Waals surface area contributed by atoms with Gasteiger partial charge in [0.15, 0.2) is 0 Å². The van der Waals surface area contributed by atoms with Gasteiger partial charge in [0.2, 0.25) is 0 Å². The zero-order valence-electron chi connectivity index (χ0n) is 11.1. The molecule has 0 aromatic carbocycles. The molecular weight excluding hydrogens is 220 g/mol. The third kappa shape index (κ3) is 3.32. The van der Waals surface area contributed by atoms with Crippen LogP contribution in [-0.4, -0.2) is 17.6 Å².